The number of nitrogens with zero attached hydrogens (tertiary/aromatic N) is 4. The predicted octanol–water partition coefficient (Wildman–Crippen LogP) is 3.15. The molecule has 0 bridgehead atoms. The van der Waals surface area contributed by atoms with Crippen LogP contribution in [0.1, 0.15) is 36.2 Å². The Hall–Kier alpha value is -2.61. The molecule has 1 aromatic carbocycles. The second kappa shape index (κ2) is 8.41. The molecule has 4 rings (SSSR count). The number of benzene rings is 1. The van der Waals surface area contributed by atoms with Crippen LogP contribution in [0, 0.1) is 0 Å². The maximum atomic E-state index is 12.9. The van der Waals surface area contributed by atoms with Gasteiger partial charge in [-0.25, -0.2) is 14.6 Å². The molecule has 0 spiro atoms. The molecule has 7 nitrogen and oxygen atoms in total. The largest absolute Gasteiger partial charge is 0.383 e. The van der Waals surface area contributed by atoms with E-state index >= 15 is 0 Å². The van der Waals surface area contributed by atoms with Gasteiger partial charge < -0.3 is 10.4 Å². The normalized spacial score (nSPS) is 16.0. The molecule has 1 saturated heterocycles. The van der Waals surface area contributed by atoms with Gasteiger partial charge in [-0.15, -0.1) is 0 Å². The number of aromatic nitrogens is 4. The van der Waals surface area contributed by atoms with Crippen molar-refractivity contribution in [3.8, 4) is 22.5 Å². The van der Waals surface area contributed by atoms with Gasteiger partial charge in [0.05, 0.1) is 17.0 Å². The van der Waals surface area contributed by atoms with E-state index in [0.717, 1.165) is 42.8 Å². The third kappa shape index (κ3) is 3.94. The molecule has 3 aromatic rings. The minimum atomic E-state index is -1.16. The van der Waals surface area contributed by atoms with E-state index in [0.29, 0.717) is 16.4 Å². The number of aliphatic hydroxyl groups is 1. The van der Waals surface area contributed by atoms with Crippen molar-refractivity contribution in [2.45, 2.75) is 31.8 Å². The van der Waals surface area contributed by atoms with Crippen LogP contribution in [0.5, 0.6) is 0 Å². The molecule has 1 aliphatic rings. The Bertz CT molecular complexity index is 996. The molecule has 0 aliphatic carbocycles. The lowest BCUT2D eigenvalue weighted by Gasteiger charge is -2.24. The zero-order valence-electron chi connectivity index (χ0n) is 16.0. The average Bonchev–Trinajstić information content (AvgIpc) is 3.15. The Morgan fingerprint density at radius 1 is 1.24 bits per heavy atom. The Morgan fingerprint density at radius 2 is 1.97 bits per heavy atom. The maximum absolute atomic E-state index is 12.9. The highest BCUT2D eigenvalue weighted by Crippen LogP contribution is 2.40. The number of piperidine rings is 1. The van der Waals surface area contributed by atoms with E-state index in [1.807, 2.05) is 18.2 Å². The number of aliphatic hydroxyl groups excluding tert-OH is 1. The molecule has 1 aliphatic heterocycles. The van der Waals surface area contributed by atoms with Gasteiger partial charge in [0.25, 0.3) is 5.91 Å². The van der Waals surface area contributed by atoms with Gasteiger partial charge in [-0.05, 0) is 51.1 Å². The van der Waals surface area contributed by atoms with Crippen molar-refractivity contribution in [3.05, 3.63) is 53.6 Å². The van der Waals surface area contributed by atoms with Crippen molar-refractivity contribution in [2.75, 3.05) is 13.1 Å². The van der Waals surface area contributed by atoms with Crippen LogP contribution in [-0.4, -0.2) is 50.0 Å². The topological polar surface area (TPSA) is 92.9 Å². The van der Waals surface area contributed by atoms with E-state index in [1.54, 1.807) is 18.3 Å². The molecule has 2 aromatic heterocycles. The Balaban J connectivity index is 1.99. The van der Waals surface area contributed by atoms with Crippen molar-refractivity contribution < 1.29 is 9.90 Å². The molecule has 0 radical (unpaired) electrons. The van der Waals surface area contributed by atoms with E-state index in [1.165, 1.54) is 17.9 Å². The summed E-state index contributed by atoms with van der Waals surface area (Å²) in [7, 11) is 0. The number of carbonyl (C=O) groups excluding carboxylic acids is 1. The van der Waals surface area contributed by atoms with Crippen LogP contribution < -0.4 is 5.32 Å². The fourth-order valence-electron chi connectivity index (χ4n) is 3.75. The van der Waals surface area contributed by atoms with Crippen molar-refractivity contribution in [2.24, 2.45) is 0 Å². The van der Waals surface area contributed by atoms with Crippen molar-refractivity contribution in [1.82, 2.24) is 25.1 Å². The van der Waals surface area contributed by atoms with Crippen molar-refractivity contribution >= 4 is 17.5 Å². The summed E-state index contributed by atoms with van der Waals surface area (Å²) in [5.74, 6) is -0.327. The van der Waals surface area contributed by atoms with E-state index in [4.69, 9.17) is 11.6 Å². The van der Waals surface area contributed by atoms with Crippen LogP contribution in [0.2, 0.25) is 5.02 Å². The minimum absolute atomic E-state index is 0.123. The maximum Gasteiger partial charge on any atom is 0.275 e. The highest BCUT2D eigenvalue weighted by atomic mass is 35.5. The molecule has 1 atom stereocenters. The van der Waals surface area contributed by atoms with Crippen molar-refractivity contribution in [3.63, 3.8) is 0 Å². The lowest BCUT2D eigenvalue weighted by Crippen LogP contribution is -2.31. The highest BCUT2D eigenvalue weighted by Gasteiger charge is 2.31. The summed E-state index contributed by atoms with van der Waals surface area (Å²) in [6.07, 6.45) is 3.75. The molecule has 3 heterocycles. The lowest BCUT2D eigenvalue weighted by atomic mass is 9.89. The average molecular weight is 412 g/mol. The van der Waals surface area contributed by atoms with Crippen LogP contribution in [0.15, 0.2) is 42.9 Å². The highest BCUT2D eigenvalue weighted by molar-refractivity contribution is 6.30. The number of carbonyl (C=O) groups is 1. The van der Waals surface area contributed by atoms with Gasteiger partial charge in [0, 0.05) is 22.7 Å². The summed E-state index contributed by atoms with van der Waals surface area (Å²) >= 11 is 6.07. The summed E-state index contributed by atoms with van der Waals surface area (Å²) in [4.78, 5) is 21.3. The fraction of sp³-hybridized carbons (Fsp3) is 0.333. The number of nitrogens with one attached hydrogen (secondary N) is 1. The first-order valence-electron chi connectivity index (χ1n) is 9.64. The molecule has 1 fully saturated rings. The zero-order chi connectivity index (χ0) is 20.4. The van der Waals surface area contributed by atoms with E-state index in [9.17, 15) is 9.90 Å². The quantitative estimate of drug-likeness (QED) is 0.685. The Labute approximate surface area is 173 Å². The molecule has 0 amide bonds. The second-order valence-corrected chi connectivity index (χ2v) is 7.60. The second-order valence-electron chi connectivity index (χ2n) is 7.16. The summed E-state index contributed by atoms with van der Waals surface area (Å²) in [6, 6.07) is 9.15. The van der Waals surface area contributed by atoms with E-state index < -0.39 is 12.0 Å². The molecule has 1 unspecified atom stereocenters. The SMILES string of the molecule is CC(O)C(=O)n1nc(-c2ccc(Cl)cc2)c(-c2ccncn2)c1C1CCNCC1. The summed E-state index contributed by atoms with van der Waals surface area (Å²) in [5.41, 5.74) is 3.76. The molecule has 8 heteroatoms. The molecular weight excluding hydrogens is 390 g/mol. The van der Waals surface area contributed by atoms with Gasteiger partial charge in [0.2, 0.25) is 0 Å². The first kappa shape index (κ1) is 19.7. The van der Waals surface area contributed by atoms with Crippen LogP contribution in [0.3, 0.4) is 0 Å². The van der Waals surface area contributed by atoms with Gasteiger partial charge in [-0.3, -0.25) is 4.79 Å². The van der Waals surface area contributed by atoms with Gasteiger partial charge >= 0.3 is 0 Å². The van der Waals surface area contributed by atoms with Gasteiger partial charge in [-0.1, -0.05) is 23.7 Å². The number of hydrogen-bond donors (Lipinski definition) is 2. The summed E-state index contributed by atoms with van der Waals surface area (Å²) in [6.45, 7) is 3.18. The first-order chi connectivity index (χ1) is 14.1. The summed E-state index contributed by atoms with van der Waals surface area (Å²) < 4.78 is 1.38. The zero-order valence-corrected chi connectivity index (χ0v) is 16.8. The summed E-state index contributed by atoms with van der Waals surface area (Å²) in [5, 5.41) is 18.7. The first-order valence-corrected chi connectivity index (χ1v) is 10.0. The van der Waals surface area contributed by atoms with Crippen molar-refractivity contribution in [1.29, 1.82) is 0 Å². The Morgan fingerprint density at radius 3 is 2.59 bits per heavy atom. The molecule has 0 saturated carbocycles. The van der Waals surface area contributed by atoms with Gasteiger partial charge in [-0.2, -0.15) is 5.10 Å². The monoisotopic (exact) mass is 411 g/mol. The molecule has 150 valence electrons. The molecule has 2 N–H and O–H groups in total. The van der Waals surface area contributed by atoms with E-state index in [-0.39, 0.29) is 5.92 Å². The molecular formula is C21H22ClN5O2. The number of rotatable bonds is 4. The fourth-order valence-corrected chi connectivity index (χ4v) is 3.88. The van der Waals surface area contributed by atoms with Crippen LogP contribution in [-0.2, 0) is 0 Å². The Kier molecular flexibility index (Phi) is 5.71. The minimum Gasteiger partial charge on any atom is -0.383 e. The third-order valence-corrected chi connectivity index (χ3v) is 5.42. The lowest BCUT2D eigenvalue weighted by molar-refractivity contribution is 0.0663. The van der Waals surface area contributed by atoms with Crippen LogP contribution in [0.4, 0.5) is 0 Å². The molecule has 29 heavy (non-hydrogen) atoms. The third-order valence-electron chi connectivity index (χ3n) is 5.17. The number of hydrogen-bond acceptors (Lipinski definition) is 6. The number of halogens is 1. The van der Waals surface area contributed by atoms with Gasteiger partial charge in [0.1, 0.15) is 18.1 Å². The van der Waals surface area contributed by atoms with Gasteiger partial charge in [0.15, 0.2) is 0 Å². The smallest absolute Gasteiger partial charge is 0.275 e. The van der Waals surface area contributed by atoms with Crippen LogP contribution >= 0.6 is 11.6 Å². The van der Waals surface area contributed by atoms with E-state index in [2.05, 4.69) is 20.4 Å². The predicted molar refractivity (Wildman–Crippen MR) is 111 cm³/mol. The van der Waals surface area contributed by atoms with Crippen LogP contribution in [0.25, 0.3) is 22.5 Å². The standard InChI is InChI=1S/C21H22ClN5O2/c1-13(28)21(29)27-20(15-6-9-23-10-7-15)18(17-8-11-24-12-25-17)19(26-27)14-2-4-16(22)5-3-14/h2-5,8,11-13,15,23,28H,6-7,9-10H2,1H3.